The third-order valence-corrected chi connectivity index (χ3v) is 3.52. The first-order valence-corrected chi connectivity index (χ1v) is 6.37. The third-order valence-electron chi connectivity index (χ3n) is 3.52. The number of nitrogens with zero attached hydrogens (tertiary/aromatic N) is 1. The molecule has 94 valence electrons. The van der Waals surface area contributed by atoms with E-state index in [1.54, 1.807) is 6.07 Å². The van der Waals surface area contributed by atoms with E-state index in [4.69, 9.17) is 0 Å². The molecular weight excluding hydrogens is 215 g/mol. The second-order valence-corrected chi connectivity index (χ2v) is 5.01. The molecule has 17 heavy (non-hydrogen) atoms. The summed E-state index contributed by atoms with van der Waals surface area (Å²) in [4.78, 5) is 2.34. The summed E-state index contributed by atoms with van der Waals surface area (Å²) in [6.07, 6.45) is 3.39. The molecule has 2 rings (SSSR count). The molecule has 1 N–H and O–H groups in total. The number of benzene rings is 1. The summed E-state index contributed by atoms with van der Waals surface area (Å²) in [5.41, 5.74) is 1.67. The van der Waals surface area contributed by atoms with Crippen molar-refractivity contribution in [1.29, 1.82) is 0 Å². The third kappa shape index (κ3) is 3.19. The summed E-state index contributed by atoms with van der Waals surface area (Å²) < 4.78 is 13.7. The molecule has 1 aliphatic heterocycles. The van der Waals surface area contributed by atoms with E-state index in [9.17, 15) is 4.39 Å². The lowest BCUT2D eigenvalue weighted by Gasteiger charge is -2.20. The zero-order valence-electron chi connectivity index (χ0n) is 10.7. The lowest BCUT2D eigenvalue weighted by Crippen LogP contribution is -2.23. The summed E-state index contributed by atoms with van der Waals surface area (Å²) in [5, 5.41) is 3.38. The smallest absolute Gasteiger partial charge is 0.146 e. The Morgan fingerprint density at radius 3 is 2.88 bits per heavy atom. The van der Waals surface area contributed by atoms with Gasteiger partial charge in [-0.3, -0.25) is 0 Å². The van der Waals surface area contributed by atoms with Crippen molar-refractivity contribution in [3.8, 4) is 0 Å². The Hall–Kier alpha value is -1.09. The number of para-hydroxylation sites is 1. The second kappa shape index (κ2) is 5.50. The van der Waals surface area contributed by atoms with Crippen molar-refractivity contribution in [2.75, 3.05) is 25.5 Å². The lowest BCUT2D eigenvalue weighted by molar-refractivity contribution is 0.348. The number of halogens is 1. The van der Waals surface area contributed by atoms with Gasteiger partial charge in [0.1, 0.15) is 5.82 Å². The Bertz CT molecular complexity index is 358. The maximum absolute atomic E-state index is 13.7. The first-order chi connectivity index (χ1) is 8.16. The van der Waals surface area contributed by atoms with Crippen molar-refractivity contribution in [3.63, 3.8) is 0 Å². The van der Waals surface area contributed by atoms with Crippen LogP contribution in [0.25, 0.3) is 0 Å². The lowest BCUT2D eigenvalue weighted by atomic mass is 10.1. The van der Waals surface area contributed by atoms with Crippen LogP contribution in [-0.2, 0) is 0 Å². The van der Waals surface area contributed by atoms with Crippen LogP contribution in [0.5, 0.6) is 0 Å². The number of anilines is 1. The van der Waals surface area contributed by atoms with Crippen LogP contribution in [0.1, 0.15) is 24.8 Å². The average molecular weight is 236 g/mol. The van der Waals surface area contributed by atoms with Crippen molar-refractivity contribution < 1.29 is 4.39 Å². The van der Waals surface area contributed by atoms with Crippen LogP contribution < -0.4 is 5.32 Å². The Labute approximate surface area is 103 Å². The molecule has 1 unspecified atom stereocenters. The van der Waals surface area contributed by atoms with Gasteiger partial charge in [0.15, 0.2) is 0 Å². The van der Waals surface area contributed by atoms with E-state index in [1.165, 1.54) is 12.5 Å². The van der Waals surface area contributed by atoms with E-state index in [-0.39, 0.29) is 5.82 Å². The molecule has 0 saturated carbocycles. The van der Waals surface area contributed by atoms with Crippen LogP contribution in [-0.4, -0.2) is 31.1 Å². The molecule has 1 heterocycles. The molecule has 1 aliphatic rings. The minimum Gasteiger partial charge on any atom is -0.380 e. The molecule has 2 nitrogen and oxygen atoms in total. The minimum atomic E-state index is -0.136. The van der Waals surface area contributed by atoms with Crippen molar-refractivity contribution in [1.82, 2.24) is 4.90 Å². The van der Waals surface area contributed by atoms with E-state index in [1.807, 2.05) is 13.0 Å². The van der Waals surface area contributed by atoms with Gasteiger partial charge in [0.05, 0.1) is 5.69 Å². The van der Waals surface area contributed by atoms with Crippen molar-refractivity contribution in [3.05, 3.63) is 29.6 Å². The maximum atomic E-state index is 13.7. The highest BCUT2D eigenvalue weighted by Gasteiger charge is 2.16. The minimum absolute atomic E-state index is 0.136. The summed E-state index contributed by atoms with van der Waals surface area (Å²) in [6.45, 7) is 4.19. The fourth-order valence-electron chi connectivity index (χ4n) is 2.40. The molecule has 1 aromatic carbocycles. The van der Waals surface area contributed by atoms with E-state index >= 15 is 0 Å². The molecule has 0 bridgehead atoms. The topological polar surface area (TPSA) is 15.3 Å². The zero-order chi connectivity index (χ0) is 12.3. The number of aryl methyl sites for hydroxylation is 1. The monoisotopic (exact) mass is 236 g/mol. The summed E-state index contributed by atoms with van der Waals surface area (Å²) in [6, 6.07) is 5.64. The van der Waals surface area contributed by atoms with Crippen LogP contribution >= 0.6 is 0 Å². The fourth-order valence-corrected chi connectivity index (χ4v) is 2.40. The van der Waals surface area contributed by atoms with Gasteiger partial charge in [0.25, 0.3) is 0 Å². The highest BCUT2D eigenvalue weighted by molar-refractivity contribution is 5.52. The Morgan fingerprint density at radius 2 is 2.12 bits per heavy atom. The van der Waals surface area contributed by atoms with Gasteiger partial charge in [-0.2, -0.15) is 0 Å². The van der Waals surface area contributed by atoms with Crippen LogP contribution in [0.3, 0.4) is 0 Å². The Balaban J connectivity index is 2.05. The summed E-state index contributed by atoms with van der Waals surface area (Å²) in [5.74, 6) is -0.136. The molecule has 1 atom stereocenters. The quantitative estimate of drug-likeness (QED) is 0.849. The molecule has 1 saturated heterocycles. The molecule has 0 aliphatic carbocycles. The molecule has 1 aromatic rings. The average Bonchev–Trinajstić information content (AvgIpc) is 2.49. The molecule has 3 heteroatoms. The van der Waals surface area contributed by atoms with Gasteiger partial charge in [-0.25, -0.2) is 4.39 Å². The van der Waals surface area contributed by atoms with Gasteiger partial charge in [-0.05, 0) is 58.0 Å². The molecule has 0 aromatic heterocycles. The van der Waals surface area contributed by atoms with Gasteiger partial charge in [-0.1, -0.05) is 12.1 Å². The van der Waals surface area contributed by atoms with Gasteiger partial charge in [0, 0.05) is 6.04 Å². The SMILES string of the molecule is Cc1cccc(F)c1NC1CCCN(C)CC1. The van der Waals surface area contributed by atoms with E-state index in [2.05, 4.69) is 17.3 Å². The molecular formula is C14H21FN2. The van der Waals surface area contributed by atoms with Crippen molar-refractivity contribution >= 4 is 5.69 Å². The normalized spacial score (nSPS) is 22.2. The highest BCUT2D eigenvalue weighted by Crippen LogP contribution is 2.22. The highest BCUT2D eigenvalue weighted by atomic mass is 19.1. The number of likely N-dealkylation sites (tertiary alicyclic amines) is 1. The standard InChI is InChI=1S/C14H21FN2/c1-11-5-3-7-13(15)14(11)16-12-6-4-9-17(2)10-8-12/h3,5,7,12,16H,4,6,8-10H2,1-2H3. The number of nitrogens with one attached hydrogen (secondary N) is 1. The van der Waals surface area contributed by atoms with Crippen molar-refractivity contribution in [2.45, 2.75) is 32.2 Å². The predicted molar refractivity (Wildman–Crippen MR) is 69.9 cm³/mol. The van der Waals surface area contributed by atoms with Gasteiger partial charge < -0.3 is 10.2 Å². The number of hydrogen-bond donors (Lipinski definition) is 1. The number of hydrogen-bond acceptors (Lipinski definition) is 2. The predicted octanol–water partition coefficient (Wildman–Crippen LogP) is 3.03. The first kappa shape index (κ1) is 12.4. The molecule has 0 amide bonds. The number of rotatable bonds is 2. The second-order valence-electron chi connectivity index (χ2n) is 5.01. The maximum Gasteiger partial charge on any atom is 0.146 e. The molecule has 0 spiro atoms. The Kier molecular flexibility index (Phi) is 4.00. The van der Waals surface area contributed by atoms with Crippen LogP contribution in [0.15, 0.2) is 18.2 Å². The van der Waals surface area contributed by atoms with Crippen LogP contribution in [0.2, 0.25) is 0 Å². The molecule has 1 fully saturated rings. The molecule has 0 radical (unpaired) electrons. The largest absolute Gasteiger partial charge is 0.380 e. The van der Waals surface area contributed by atoms with Gasteiger partial charge in [0.2, 0.25) is 0 Å². The van der Waals surface area contributed by atoms with E-state index < -0.39 is 0 Å². The van der Waals surface area contributed by atoms with Gasteiger partial charge >= 0.3 is 0 Å². The van der Waals surface area contributed by atoms with Crippen LogP contribution in [0.4, 0.5) is 10.1 Å². The van der Waals surface area contributed by atoms with E-state index in [0.29, 0.717) is 11.7 Å². The zero-order valence-corrected chi connectivity index (χ0v) is 10.7. The van der Waals surface area contributed by atoms with E-state index in [0.717, 1.165) is 31.5 Å². The van der Waals surface area contributed by atoms with Crippen LogP contribution in [0, 0.1) is 12.7 Å². The summed E-state index contributed by atoms with van der Waals surface area (Å²) in [7, 11) is 2.15. The van der Waals surface area contributed by atoms with Crippen molar-refractivity contribution in [2.24, 2.45) is 0 Å². The van der Waals surface area contributed by atoms with Gasteiger partial charge in [-0.15, -0.1) is 0 Å². The fraction of sp³-hybridized carbons (Fsp3) is 0.571. The Morgan fingerprint density at radius 1 is 1.29 bits per heavy atom. The summed E-state index contributed by atoms with van der Waals surface area (Å²) >= 11 is 0. The first-order valence-electron chi connectivity index (χ1n) is 6.37.